The van der Waals surface area contributed by atoms with E-state index in [4.69, 9.17) is 24.3 Å². The summed E-state index contributed by atoms with van der Waals surface area (Å²) in [4.78, 5) is 144. The Bertz CT molecular complexity index is 5210. The molecule has 0 aliphatic carbocycles. The number of amides is 8. The van der Waals surface area contributed by atoms with E-state index in [1.54, 1.807) is 74.2 Å². The van der Waals surface area contributed by atoms with Crippen LogP contribution in [0.4, 0.5) is 36.7 Å². The number of rotatable bonds is 20. The van der Waals surface area contributed by atoms with Crippen molar-refractivity contribution >= 4 is 63.9 Å². The van der Waals surface area contributed by atoms with E-state index in [0.717, 1.165) is 66.2 Å². The van der Waals surface area contributed by atoms with Gasteiger partial charge in [0.05, 0.1) is 115 Å². The molecule has 8 N–H and O–H groups in total. The minimum absolute atomic E-state index is 0.140. The summed E-state index contributed by atoms with van der Waals surface area (Å²) in [6.45, 7) is 28.2. The second-order valence-corrected chi connectivity index (χ2v) is 31.8. The van der Waals surface area contributed by atoms with E-state index in [0.29, 0.717) is 48.0 Å². The molecule has 0 unspecified atom stereocenters. The van der Waals surface area contributed by atoms with Crippen LogP contribution < -0.4 is 21.3 Å². The topological polar surface area (TPSA) is 358 Å². The molecular weight excluding hydrogens is 1630 g/mol. The third-order valence-electron chi connectivity index (χ3n) is 21.0. The predicted molar refractivity (Wildman–Crippen MR) is 440 cm³/mol. The fourth-order valence-electron chi connectivity index (χ4n) is 14.5. The maximum absolute atomic E-state index is 14.7. The maximum atomic E-state index is 14.7. The molecule has 4 aliphatic rings. The van der Waals surface area contributed by atoms with Gasteiger partial charge in [0, 0.05) is 22.0 Å². The third kappa shape index (κ3) is 22.4. The smallest absolute Gasteiger partial charge is 0.407 e. The number of carbonyl (C=O) groups is 8. The molecule has 0 radical (unpaired) electrons. The van der Waals surface area contributed by atoms with Crippen molar-refractivity contribution in [2.45, 2.75) is 153 Å². The minimum Gasteiger partial charge on any atom is -0.453 e. The molecule has 8 amide bonds. The first kappa shape index (κ1) is 90.5. The molecule has 4 aromatic heterocycles. The number of alkyl halides is 4. The first-order chi connectivity index (χ1) is 57.6. The molecule has 12 rings (SSSR count). The van der Waals surface area contributed by atoms with Crippen molar-refractivity contribution in [3.8, 4) is 62.8 Å². The van der Waals surface area contributed by atoms with Crippen molar-refractivity contribution in [1.29, 1.82) is 0 Å². The van der Waals surface area contributed by atoms with Crippen LogP contribution in [0.1, 0.15) is 145 Å². The van der Waals surface area contributed by atoms with E-state index in [-0.39, 0.29) is 65.8 Å². The molecule has 8 heterocycles. The maximum Gasteiger partial charge on any atom is 0.407 e. The number of methoxy groups -OCH3 is 4. The van der Waals surface area contributed by atoms with Crippen molar-refractivity contribution < 1.29 is 74.9 Å². The predicted octanol–water partition coefficient (Wildman–Crippen LogP) is 13.2. The number of nitrogens with zero attached hydrogens (tertiary/aromatic N) is 10. The summed E-state index contributed by atoms with van der Waals surface area (Å²) in [6, 6.07) is 22.5. The van der Waals surface area contributed by atoms with Crippen LogP contribution in [-0.2, 0) is 38.1 Å². The van der Waals surface area contributed by atoms with E-state index in [1.165, 1.54) is 33.7 Å². The van der Waals surface area contributed by atoms with Crippen molar-refractivity contribution in [3.63, 3.8) is 0 Å². The number of nitrogens with one attached hydrogen (secondary N) is 8. The molecule has 0 spiro atoms. The Morgan fingerprint density at radius 1 is 0.438 bits per heavy atom. The number of hydrogen-bond donors (Lipinski definition) is 8. The summed E-state index contributed by atoms with van der Waals surface area (Å²) >= 11 is 3.43. The fourth-order valence-corrected chi connectivity index (χ4v) is 14.8. The Balaban J connectivity index is 0.000000211. The number of aromatic nitrogens is 8. The zero-order valence-electron chi connectivity index (χ0n) is 68.5. The van der Waals surface area contributed by atoms with Crippen LogP contribution >= 0.6 is 15.9 Å². The van der Waals surface area contributed by atoms with E-state index in [1.807, 2.05) is 100 Å². The summed E-state index contributed by atoms with van der Waals surface area (Å²) in [6.07, 6.45) is 10.3. The van der Waals surface area contributed by atoms with Gasteiger partial charge < -0.3 is 79.6 Å². The average Bonchev–Trinajstić information content (AvgIpc) is 1.64. The first-order valence-corrected chi connectivity index (χ1v) is 39.7. The second-order valence-electron chi connectivity index (χ2n) is 30.9. The molecule has 4 aliphatic heterocycles. The molecule has 4 saturated heterocycles. The number of likely N-dealkylation sites (tertiary alicyclic amines) is 4. The van der Waals surface area contributed by atoms with E-state index >= 15 is 0 Å². The Labute approximate surface area is 706 Å². The number of H-pyrrole nitrogens is 4. The van der Waals surface area contributed by atoms with Gasteiger partial charge in [0.2, 0.25) is 29.8 Å². The van der Waals surface area contributed by atoms with Crippen LogP contribution in [0.3, 0.4) is 0 Å². The normalized spacial score (nSPS) is 19.1. The van der Waals surface area contributed by atoms with Gasteiger partial charge in [-0.05, 0) is 76.8 Å². The van der Waals surface area contributed by atoms with Gasteiger partial charge in [-0.2, -0.15) is 0 Å². The van der Waals surface area contributed by atoms with Crippen molar-refractivity contribution in [2.75, 3.05) is 54.6 Å². The van der Waals surface area contributed by atoms with Gasteiger partial charge in [0.25, 0.3) is 5.92 Å². The zero-order valence-corrected chi connectivity index (χ0v) is 70.1. The zero-order chi connectivity index (χ0) is 87.9. The van der Waals surface area contributed by atoms with Crippen LogP contribution in [0.25, 0.3) is 54.7 Å². The first-order valence-electron chi connectivity index (χ1n) is 38.9. The molecule has 35 heteroatoms. The SMILES string of the molecule is [C+]#Cc1ccc(-c2cnc([C@@H]3CC(F)(F)CN3C(=O)[C@@H](NC(=O)OC)C(C)C)[nH]2)cc1.[C-]#[N+][C@H]1C[C@@H](c2ncc(-c3ccc(Br)cc3)[nH]2)N(C(=O)[C@@H](NC(=O)OC)C(C)C)C1.[C-]#[N+][C@H]1C[C@@H](c2ncc(-c3ccc(C#Cc4ccc(-c5cnc([C@@H]6CC(F)(F)CN6C(=O)[C@@H](NC(=O)OC)C(C)C)[nH]5)cc4)cc3)[nH]2)N(C(=O)[C@@H](NC(=O)OC)C(C)C)C1. The van der Waals surface area contributed by atoms with E-state index in [2.05, 4.69) is 119 Å². The van der Waals surface area contributed by atoms with Crippen molar-refractivity contribution in [1.82, 2.24) is 80.7 Å². The van der Waals surface area contributed by atoms with Crippen LogP contribution in [0.15, 0.2) is 126 Å². The Hall–Kier alpha value is -12.8. The molecule has 4 aromatic carbocycles. The van der Waals surface area contributed by atoms with Crippen LogP contribution in [-0.4, -0.2) is 210 Å². The second kappa shape index (κ2) is 39.8. The fraction of sp³-hybridized carbons (Fsp3) is 0.419. The number of carbonyl (C=O) groups excluding carboxylic acids is 8. The molecular formula is C86H94BrF4N18O12+. The molecule has 8 aromatic rings. The number of ether oxygens (including phenoxy) is 4. The Morgan fingerprint density at radius 2 is 0.694 bits per heavy atom. The summed E-state index contributed by atoms with van der Waals surface area (Å²) in [5, 5.41) is 10.1. The summed E-state index contributed by atoms with van der Waals surface area (Å²) in [5.74, 6) is 1.12. The van der Waals surface area contributed by atoms with Crippen molar-refractivity contribution in [3.05, 3.63) is 196 Å². The Morgan fingerprint density at radius 3 is 0.950 bits per heavy atom. The van der Waals surface area contributed by atoms with Crippen LogP contribution in [0.2, 0.25) is 0 Å². The van der Waals surface area contributed by atoms with E-state index < -0.39 is 122 Å². The number of benzene rings is 4. The standard InChI is InChI=1S/C43H47F2N9O6.C22H22F2N4O3.C21H24BrN5O3/c1-24(2)35(51-41(57)59-6)39(55)53-22-30(46-5)18-33(53)37-47-20-31(49-37)28-14-10-26(11-15-28)8-9-27-12-16-29(17-13-27)32-21-48-38(50-32)34-19-43(44,45)23-54(34)40(56)36(25(3)4)52-42(58)60-7;1-5-14-6-8-15(9-7-14)16-11-25-19(26-16)17-10-22(23,24)12-28(17)20(29)18(13(2)3)27-21(30)31-4;1-12(2)18(26-21(29)30-4)20(28)27-11-15(23-3)9-17(27)19-24-10-16(25-19)13-5-7-14(22)8-6-13/h10-17,20-21,24-25,30,33-36H,18-19,22-23H2,1-4,6-7H3,(H,47,49)(H,48,50)(H,51,57)(H,52,58);6-9,11,13,17-18H,10,12H2,2-4H3,(H-,25,26,27,30);5-8,10,12,15,17-18H,9,11H2,1-2,4H3,(H,24,25)(H,26,29)/p+1/t30-,33-,34-,35-,36-;17-,18-;15-,17-,18-/m000/s1. The van der Waals surface area contributed by atoms with Gasteiger partial charge in [-0.15, -0.1) is 0 Å². The number of alkyl carbamates (subject to hydrolysis) is 4. The molecule has 10 atom stereocenters. The number of hydrogen-bond acceptors (Lipinski definition) is 16. The molecule has 0 bridgehead atoms. The molecule has 121 heavy (non-hydrogen) atoms. The average molecular weight is 1730 g/mol. The van der Waals surface area contributed by atoms with Gasteiger partial charge in [0.1, 0.15) is 35.6 Å². The number of halogens is 5. The largest absolute Gasteiger partial charge is 0.453 e. The van der Waals surface area contributed by atoms with Gasteiger partial charge in [-0.25, -0.2) is 56.1 Å². The third-order valence-corrected chi connectivity index (χ3v) is 21.6. The number of aromatic amines is 4. The van der Waals surface area contributed by atoms with Gasteiger partial charge >= 0.3 is 155 Å². The van der Waals surface area contributed by atoms with E-state index in [9.17, 15) is 55.9 Å². The molecule has 0 saturated carbocycles. The summed E-state index contributed by atoms with van der Waals surface area (Å²) in [5.41, 5.74) is 8.16. The molecule has 30 nitrogen and oxygen atoms in total. The number of imidazole rings is 4. The van der Waals surface area contributed by atoms with Gasteiger partial charge in [0.15, 0.2) is 0 Å². The van der Waals surface area contributed by atoms with Crippen molar-refractivity contribution in [2.24, 2.45) is 23.7 Å². The quantitative estimate of drug-likeness (QED) is 0.0152. The summed E-state index contributed by atoms with van der Waals surface area (Å²) < 4.78 is 77.7. The summed E-state index contributed by atoms with van der Waals surface area (Å²) in [7, 11) is 4.83. The Kier molecular flexibility index (Phi) is 29.8. The minimum atomic E-state index is -3.14. The van der Waals surface area contributed by atoms with Crippen LogP contribution in [0, 0.1) is 61.0 Å². The monoisotopic (exact) mass is 1730 g/mol. The van der Waals surface area contributed by atoms with Gasteiger partial charge in [-0.3, -0.25) is 14.4 Å². The van der Waals surface area contributed by atoms with Gasteiger partial charge in [-0.1, -0.05) is 120 Å². The molecule has 4 fully saturated rings. The molecule has 634 valence electrons. The van der Waals surface area contributed by atoms with Crippen LogP contribution in [0.5, 0.6) is 0 Å².